The monoisotopic (exact) mass is 362 g/mol. The Hall–Kier alpha value is -2.96. The molecule has 0 heterocycles. The van der Waals surface area contributed by atoms with E-state index < -0.39 is 28.9 Å². The molecule has 2 aromatic rings. The van der Waals surface area contributed by atoms with Crippen molar-refractivity contribution in [3.8, 4) is 5.75 Å². The number of hydrogen-bond acceptors (Lipinski definition) is 3. The third-order valence-corrected chi connectivity index (χ3v) is 3.74. The molecule has 0 saturated carbocycles. The molecule has 2 amide bonds. The highest BCUT2D eigenvalue weighted by atomic mass is 19.2. The fourth-order valence-corrected chi connectivity index (χ4v) is 2.05. The van der Waals surface area contributed by atoms with Crippen LogP contribution in [0, 0.1) is 17.0 Å². The molecule has 0 atom stereocenters. The maximum absolute atomic E-state index is 13.2. The van der Waals surface area contributed by atoms with Crippen LogP contribution in [0.15, 0.2) is 42.5 Å². The summed E-state index contributed by atoms with van der Waals surface area (Å²) in [4.78, 5) is 24.9. The highest BCUT2D eigenvalue weighted by Gasteiger charge is 2.36. The molecule has 138 valence electrons. The molecule has 0 fully saturated rings. The maximum Gasteiger partial charge on any atom is 0.239 e. The van der Waals surface area contributed by atoms with Gasteiger partial charge in [-0.05, 0) is 57.2 Å². The average Bonchev–Trinajstić information content (AvgIpc) is 2.60. The zero-order valence-electron chi connectivity index (χ0n) is 14.7. The van der Waals surface area contributed by atoms with E-state index in [-0.39, 0.29) is 5.69 Å². The van der Waals surface area contributed by atoms with Crippen molar-refractivity contribution >= 4 is 23.2 Å². The van der Waals surface area contributed by atoms with Gasteiger partial charge in [0.25, 0.3) is 0 Å². The average molecular weight is 362 g/mol. The fourth-order valence-electron chi connectivity index (χ4n) is 2.05. The Morgan fingerprint density at radius 1 is 0.923 bits per heavy atom. The van der Waals surface area contributed by atoms with E-state index in [2.05, 4.69) is 10.6 Å². The summed E-state index contributed by atoms with van der Waals surface area (Å²) >= 11 is 0. The van der Waals surface area contributed by atoms with Gasteiger partial charge in [-0.25, -0.2) is 8.78 Å². The Bertz CT molecular complexity index is 805. The van der Waals surface area contributed by atoms with Crippen LogP contribution < -0.4 is 15.4 Å². The summed E-state index contributed by atoms with van der Waals surface area (Å²) in [5, 5.41) is 5.07. The van der Waals surface area contributed by atoms with Crippen LogP contribution in [-0.4, -0.2) is 18.4 Å². The summed E-state index contributed by atoms with van der Waals surface area (Å²) in [7, 11) is 0. The van der Waals surface area contributed by atoms with Gasteiger partial charge < -0.3 is 15.4 Å². The molecule has 0 radical (unpaired) electrons. The van der Waals surface area contributed by atoms with Gasteiger partial charge in [-0.15, -0.1) is 0 Å². The number of carbonyl (C=O) groups is 2. The van der Waals surface area contributed by atoms with E-state index in [1.54, 1.807) is 24.3 Å². The second-order valence-corrected chi connectivity index (χ2v) is 6.12. The number of rotatable bonds is 6. The number of amides is 2. The molecule has 5 nitrogen and oxygen atoms in total. The molecule has 0 saturated heterocycles. The number of halogens is 2. The molecule has 0 bridgehead atoms. The van der Waals surface area contributed by atoms with Gasteiger partial charge in [0.05, 0.1) is 6.61 Å². The molecule has 0 aromatic heterocycles. The van der Waals surface area contributed by atoms with Crippen molar-refractivity contribution in [3.05, 3.63) is 54.1 Å². The van der Waals surface area contributed by atoms with Gasteiger partial charge in [-0.3, -0.25) is 9.59 Å². The van der Waals surface area contributed by atoms with Gasteiger partial charge in [-0.2, -0.15) is 0 Å². The largest absolute Gasteiger partial charge is 0.494 e. The van der Waals surface area contributed by atoms with Crippen molar-refractivity contribution in [1.29, 1.82) is 0 Å². The summed E-state index contributed by atoms with van der Waals surface area (Å²) in [6.07, 6.45) is 0. The lowest BCUT2D eigenvalue weighted by atomic mass is 9.90. The summed E-state index contributed by atoms with van der Waals surface area (Å²) < 4.78 is 31.5. The predicted molar refractivity (Wildman–Crippen MR) is 95.0 cm³/mol. The standard InChI is InChI=1S/C19H20F2N2O3/c1-4-26-14-8-5-12(6-9-14)22-17(24)19(2,3)18(25)23-13-7-10-15(20)16(21)11-13/h5-11H,4H2,1-3H3,(H,22,24)(H,23,25). The van der Waals surface area contributed by atoms with Crippen molar-refractivity contribution in [3.63, 3.8) is 0 Å². The van der Waals surface area contributed by atoms with Crippen molar-refractivity contribution in [2.45, 2.75) is 20.8 Å². The minimum atomic E-state index is -1.44. The first kappa shape index (κ1) is 19.4. The van der Waals surface area contributed by atoms with E-state index >= 15 is 0 Å². The third-order valence-electron chi connectivity index (χ3n) is 3.74. The lowest BCUT2D eigenvalue weighted by molar-refractivity contribution is -0.135. The first-order valence-electron chi connectivity index (χ1n) is 8.05. The van der Waals surface area contributed by atoms with Gasteiger partial charge in [0, 0.05) is 17.4 Å². The fraction of sp³-hybridized carbons (Fsp3) is 0.263. The van der Waals surface area contributed by atoms with Crippen LogP contribution in [0.4, 0.5) is 20.2 Å². The minimum absolute atomic E-state index is 0.0656. The number of anilines is 2. The molecule has 7 heteroatoms. The first-order valence-corrected chi connectivity index (χ1v) is 8.05. The maximum atomic E-state index is 13.2. The molecule has 0 aliphatic rings. The second-order valence-electron chi connectivity index (χ2n) is 6.12. The molecule has 0 aliphatic carbocycles. The van der Waals surface area contributed by atoms with Crippen LogP contribution in [0.2, 0.25) is 0 Å². The number of ether oxygens (including phenoxy) is 1. The van der Waals surface area contributed by atoms with Crippen LogP contribution in [0.1, 0.15) is 20.8 Å². The van der Waals surface area contributed by atoms with Crippen molar-refractivity contribution in [2.24, 2.45) is 5.41 Å². The molecule has 0 unspecified atom stereocenters. The molecule has 2 rings (SSSR count). The van der Waals surface area contributed by atoms with E-state index in [1.807, 2.05) is 6.92 Å². The van der Waals surface area contributed by atoms with Crippen LogP contribution in [-0.2, 0) is 9.59 Å². The quantitative estimate of drug-likeness (QED) is 0.764. The van der Waals surface area contributed by atoms with Crippen LogP contribution in [0.5, 0.6) is 5.75 Å². The van der Waals surface area contributed by atoms with E-state index in [4.69, 9.17) is 4.74 Å². The zero-order chi connectivity index (χ0) is 19.3. The van der Waals surface area contributed by atoms with Gasteiger partial charge in [0.15, 0.2) is 11.6 Å². The Kier molecular flexibility index (Phi) is 5.92. The Labute approximate surface area is 150 Å². The third kappa shape index (κ3) is 4.56. The molecule has 2 aromatic carbocycles. The number of benzene rings is 2. The molecule has 0 aliphatic heterocycles. The number of hydrogen-bond donors (Lipinski definition) is 2. The van der Waals surface area contributed by atoms with Crippen LogP contribution in [0.3, 0.4) is 0 Å². The minimum Gasteiger partial charge on any atom is -0.494 e. The summed E-state index contributed by atoms with van der Waals surface area (Å²) in [6, 6.07) is 9.70. The topological polar surface area (TPSA) is 67.4 Å². The molecule has 26 heavy (non-hydrogen) atoms. The number of carbonyl (C=O) groups excluding carboxylic acids is 2. The highest BCUT2D eigenvalue weighted by molar-refractivity contribution is 6.13. The molecular weight excluding hydrogens is 342 g/mol. The summed E-state index contributed by atoms with van der Waals surface area (Å²) in [5.74, 6) is -2.62. The van der Waals surface area contributed by atoms with E-state index in [1.165, 1.54) is 19.9 Å². The van der Waals surface area contributed by atoms with Gasteiger partial charge in [0.1, 0.15) is 11.2 Å². The van der Waals surface area contributed by atoms with E-state index in [0.29, 0.717) is 18.0 Å². The normalized spacial score (nSPS) is 11.0. The van der Waals surface area contributed by atoms with Crippen LogP contribution >= 0.6 is 0 Å². The lowest BCUT2D eigenvalue weighted by Crippen LogP contribution is -2.41. The predicted octanol–water partition coefficient (Wildman–Crippen LogP) is 3.97. The van der Waals surface area contributed by atoms with Crippen LogP contribution in [0.25, 0.3) is 0 Å². The van der Waals surface area contributed by atoms with Gasteiger partial charge in [0.2, 0.25) is 11.8 Å². The smallest absolute Gasteiger partial charge is 0.239 e. The molecule has 2 N–H and O–H groups in total. The summed E-state index contributed by atoms with van der Waals surface area (Å²) in [6.45, 7) is 5.27. The highest BCUT2D eigenvalue weighted by Crippen LogP contribution is 2.23. The van der Waals surface area contributed by atoms with Crippen molar-refractivity contribution < 1.29 is 23.1 Å². The first-order chi connectivity index (χ1) is 12.2. The van der Waals surface area contributed by atoms with Gasteiger partial charge >= 0.3 is 0 Å². The SMILES string of the molecule is CCOc1ccc(NC(=O)C(C)(C)C(=O)Nc2ccc(F)c(F)c2)cc1. The Morgan fingerprint density at radius 2 is 1.46 bits per heavy atom. The summed E-state index contributed by atoms with van der Waals surface area (Å²) in [5.41, 5.74) is -0.869. The van der Waals surface area contributed by atoms with E-state index in [9.17, 15) is 18.4 Å². The lowest BCUT2D eigenvalue weighted by Gasteiger charge is -2.23. The molecular formula is C19H20F2N2O3. The second kappa shape index (κ2) is 7.95. The molecule has 0 spiro atoms. The van der Waals surface area contributed by atoms with E-state index in [0.717, 1.165) is 12.1 Å². The Balaban J connectivity index is 2.05. The zero-order valence-corrected chi connectivity index (χ0v) is 14.7. The Morgan fingerprint density at radius 3 is 2.00 bits per heavy atom. The number of nitrogens with one attached hydrogen (secondary N) is 2. The van der Waals surface area contributed by atoms with Gasteiger partial charge in [-0.1, -0.05) is 0 Å². The van der Waals surface area contributed by atoms with Crippen molar-refractivity contribution in [2.75, 3.05) is 17.2 Å². The van der Waals surface area contributed by atoms with Crippen molar-refractivity contribution in [1.82, 2.24) is 0 Å².